The Morgan fingerprint density at radius 1 is 1.25 bits per heavy atom. The average molecular weight is 301 g/mol. The van der Waals surface area contributed by atoms with Gasteiger partial charge in [0, 0.05) is 31.8 Å². The van der Waals surface area contributed by atoms with Crippen LogP contribution in [-0.2, 0) is 9.59 Å². The minimum atomic E-state index is -0.955. The highest BCUT2D eigenvalue weighted by molar-refractivity contribution is 7.99. The normalized spacial score (nSPS) is 23.8. The molecule has 20 heavy (non-hydrogen) atoms. The quantitative estimate of drug-likeness (QED) is 0.751. The molecule has 8 heteroatoms. The van der Waals surface area contributed by atoms with Crippen LogP contribution in [0.2, 0.25) is 0 Å². The number of nitrogens with one attached hydrogen (secondary N) is 1. The maximum atomic E-state index is 12.3. The molecule has 2 aliphatic heterocycles. The summed E-state index contributed by atoms with van der Waals surface area (Å²) >= 11 is 1.45. The lowest BCUT2D eigenvalue weighted by Crippen LogP contribution is -2.51. The number of carbonyl (C=O) groups is 3. The van der Waals surface area contributed by atoms with Crippen LogP contribution in [0.25, 0.3) is 0 Å². The second-order valence-electron chi connectivity index (χ2n) is 4.98. The monoisotopic (exact) mass is 301 g/mol. The second-order valence-corrected chi connectivity index (χ2v) is 5.98. The van der Waals surface area contributed by atoms with E-state index in [-0.39, 0.29) is 17.9 Å². The van der Waals surface area contributed by atoms with Crippen molar-refractivity contribution in [2.75, 3.05) is 31.8 Å². The Kier molecular flexibility index (Phi) is 4.74. The van der Waals surface area contributed by atoms with Gasteiger partial charge in [-0.1, -0.05) is 0 Å². The zero-order chi connectivity index (χ0) is 14.7. The fourth-order valence-electron chi connectivity index (χ4n) is 2.55. The lowest BCUT2D eigenvalue weighted by Gasteiger charge is -2.34. The fraction of sp³-hybridized carbons (Fsp3) is 0.750. The highest BCUT2D eigenvalue weighted by Crippen LogP contribution is 2.25. The fourth-order valence-corrected chi connectivity index (χ4v) is 3.69. The number of carboxylic acids is 1. The summed E-state index contributed by atoms with van der Waals surface area (Å²) < 4.78 is 0. The van der Waals surface area contributed by atoms with Crippen molar-refractivity contribution >= 4 is 29.7 Å². The Bertz CT molecular complexity index is 410. The number of urea groups is 1. The molecule has 0 spiro atoms. The number of carboxylic acid groups (broad SMARTS) is 1. The van der Waals surface area contributed by atoms with E-state index in [4.69, 9.17) is 5.11 Å². The number of rotatable bonds is 2. The molecule has 2 N–H and O–H groups in total. The van der Waals surface area contributed by atoms with Crippen LogP contribution in [0.1, 0.15) is 12.8 Å². The van der Waals surface area contributed by atoms with Crippen LogP contribution in [0.3, 0.4) is 0 Å². The summed E-state index contributed by atoms with van der Waals surface area (Å²) in [5.41, 5.74) is 0. The number of likely N-dealkylation sites (tertiary alicyclic amines) is 1. The predicted molar refractivity (Wildman–Crippen MR) is 74.3 cm³/mol. The first kappa shape index (κ1) is 15.0. The summed E-state index contributed by atoms with van der Waals surface area (Å²) in [6.07, 6.45) is 1.26. The van der Waals surface area contributed by atoms with E-state index in [1.54, 1.807) is 11.9 Å². The summed E-state index contributed by atoms with van der Waals surface area (Å²) in [6, 6.07) is -0.957. The third kappa shape index (κ3) is 3.00. The second kappa shape index (κ2) is 6.34. The van der Waals surface area contributed by atoms with E-state index < -0.39 is 12.0 Å². The Morgan fingerprint density at radius 2 is 1.90 bits per heavy atom. The van der Waals surface area contributed by atoms with Crippen molar-refractivity contribution in [3.8, 4) is 0 Å². The summed E-state index contributed by atoms with van der Waals surface area (Å²) in [6.45, 7) is 1.01. The largest absolute Gasteiger partial charge is 0.480 e. The highest BCUT2D eigenvalue weighted by Gasteiger charge is 2.38. The van der Waals surface area contributed by atoms with Crippen molar-refractivity contribution in [1.82, 2.24) is 15.1 Å². The van der Waals surface area contributed by atoms with E-state index in [0.717, 1.165) is 0 Å². The molecule has 0 aromatic heterocycles. The van der Waals surface area contributed by atoms with E-state index in [0.29, 0.717) is 37.6 Å². The molecule has 1 unspecified atom stereocenters. The van der Waals surface area contributed by atoms with E-state index in [9.17, 15) is 14.4 Å². The number of aliphatic carboxylic acids is 1. The molecule has 2 rings (SSSR count). The maximum absolute atomic E-state index is 12.3. The smallest absolute Gasteiger partial charge is 0.327 e. The number of amides is 3. The van der Waals surface area contributed by atoms with Gasteiger partial charge in [0.2, 0.25) is 5.91 Å². The van der Waals surface area contributed by atoms with E-state index in [1.807, 2.05) is 0 Å². The molecular weight excluding hydrogens is 282 g/mol. The van der Waals surface area contributed by atoms with Crippen molar-refractivity contribution in [1.29, 1.82) is 0 Å². The van der Waals surface area contributed by atoms with Crippen LogP contribution in [0.5, 0.6) is 0 Å². The van der Waals surface area contributed by atoms with Gasteiger partial charge in [-0.15, -0.1) is 11.8 Å². The zero-order valence-electron chi connectivity index (χ0n) is 11.4. The molecule has 0 radical (unpaired) electrons. The molecule has 1 atom stereocenters. The van der Waals surface area contributed by atoms with Gasteiger partial charge in [-0.2, -0.15) is 0 Å². The molecule has 0 saturated carbocycles. The van der Waals surface area contributed by atoms with Crippen molar-refractivity contribution in [2.24, 2.45) is 5.92 Å². The van der Waals surface area contributed by atoms with Gasteiger partial charge in [0.25, 0.3) is 0 Å². The van der Waals surface area contributed by atoms with E-state index in [1.165, 1.54) is 16.7 Å². The Balaban J connectivity index is 1.91. The molecule has 2 fully saturated rings. The topological polar surface area (TPSA) is 90.0 Å². The van der Waals surface area contributed by atoms with Crippen LogP contribution in [0.15, 0.2) is 0 Å². The van der Waals surface area contributed by atoms with Crippen molar-refractivity contribution in [3.63, 3.8) is 0 Å². The summed E-state index contributed by atoms with van der Waals surface area (Å²) in [7, 11) is 1.61. The lowest BCUT2D eigenvalue weighted by molar-refractivity contribution is -0.141. The van der Waals surface area contributed by atoms with Gasteiger partial charge in [-0.05, 0) is 12.8 Å². The van der Waals surface area contributed by atoms with Gasteiger partial charge in [-0.3, -0.25) is 4.79 Å². The van der Waals surface area contributed by atoms with Crippen LogP contribution in [0, 0.1) is 5.92 Å². The van der Waals surface area contributed by atoms with Crippen molar-refractivity contribution in [2.45, 2.75) is 18.9 Å². The van der Waals surface area contributed by atoms with Gasteiger partial charge in [0.05, 0.1) is 5.88 Å². The van der Waals surface area contributed by atoms with Gasteiger partial charge in [0.1, 0.15) is 6.04 Å². The molecule has 2 heterocycles. The Morgan fingerprint density at radius 3 is 2.45 bits per heavy atom. The zero-order valence-corrected chi connectivity index (χ0v) is 12.2. The molecule has 0 aromatic carbocycles. The molecule has 0 aromatic rings. The SMILES string of the molecule is CNC(=O)C1CCN(C(=O)N2CSCC2C(=O)O)CC1. The molecule has 0 aliphatic carbocycles. The third-order valence-corrected chi connectivity index (χ3v) is 4.81. The summed E-state index contributed by atoms with van der Waals surface area (Å²) in [5, 5.41) is 11.7. The Labute approximate surface area is 121 Å². The molecule has 0 bridgehead atoms. The average Bonchev–Trinajstić information content (AvgIpc) is 2.95. The summed E-state index contributed by atoms with van der Waals surface area (Å²) in [5.74, 6) is -0.130. The first-order valence-electron chi connectivity index (χ1n) is 6.62. The van der Waals surface area contributed by atoms with Crippen molar-refractivity contribution in [3.05, 3.63) is 0 Å². The van der Waals surface area contributed by atoms with Gasteiger partial charge >= 0.3 is 12.0 Å². The van der Waals surface area contributed by atoms with Gasteiger partial charge in [-0.25, -0.2) is 9.59 Å². The van der Waals surface area contributed by atoms with Crippen LogP contribution in [0.4, 0.5) is 4.79 Å². The number of nitrogens with zero attached hydrogens (tertiary/aromatic N) is 2. The number of piperidine rings is 1. The van der Waals surface area contributed by atoms with Gasteiger partial charge in [0.15, 0.2) is 0 Å². The molecule has 112 valence electrons. The van der Waals surface area contributed by atoms with E-state index >= 15 is 0 Å². The maximum Gasteiger partial charge on any atom is 0.327 e. The predicted octanol–water partition coefficient (Wildman–Crippen LogP) is 0.0239. The van der Waals surface area contributed by atoms with Crippen LogP contribution < -0.4 is 5.32 Å². The first-order chi connectivity index (χ1) is 9.54. The lowest BCUT2D eigenvalue weighted by atomic mass is 9.96. The number of thioether (sulfide) groups is 1. The molecule has 2 saturated heterocycles. The van der Waals surface area contributed by atoms with Crippen LogP contribution in [-0.4, -0.2) is 70.6 Å². The number of hydrogen-bond donors (Lipinski definition) is 2. The number of hydrogen-bond acceptors (Lipinski definition) is 4. The first-order valence-corrected chi connectivity index (χ1v) is 7.77. The number of carbonyl (C=O) groups excluding carboxylic acids is 2. The van der Waals surface area contributed by atoms with Crippen LogP contribution >= 0.6 is 11.8 Å². The minimum absolute atomic E-state index is 0.0113. The van der Waals surface area contributed by atoms with Gasteiger partial charge < -0.3 is 20.2 Å². The Hall–Kier alpha value is -1.44. The summed E-state index contributed by atoms with van der Waals surface area (Å²) in [4.78, 5) is 38.0. The standard InChI is InChI=1S/C12H19N3O4S/c1-13-10(16)8-2-4-14(5-3-8)12(19)15-7-20-6-9(15)11(17)18/h8-9H,2-7H2,1H3,(H,13,16)(H,17,18). The molecular formula is C12H19N3O4S. The third-order valence-electron chi connectivity index (χ3n) is 3.80. The molecule has 3 amide bonds. The minimum Gasteiger partial charge on any atom is -0.480 e. The van der Waals surface area contributed by atoms with E-state index in [2.05, 4.69) is 5.32 Å². The molecule has 2 aliphatic rings. The highest BCUT2D eigenvalue weighted by atomic mass is 32.2. The molecule has 7 nitrogen and oxygen atoms in total. The van der Waals surface area contributed by atoms with Crippen molar-refractivity contribution < 1.29 is 19.5 Å².